The summed E-state index contributed by atoms with van der Waals surface area (Å²) in [4.78, 5) is 16.5. The molecule has 138 valence electrons. The third-order valence-corrected chi connectivity index (χ3v) is 5.11. The van der Waals surface area contributed by atoms with Crippen molar-refractivity contribution < 1.29 is 4.79 Å². The molecular weight excluding hydrogens is 382 g/mol. The summed E-state index contributed by atoms with van der Waals surface area (Å²) in [5.74, 6) is 0.547. The van der Waals surface area contributed by atoms with E-state index in [1.54, 1.807) is 31.3 Å². The van der Waals surface area contributed by atoms with Gasteiger partial charge in [0.1, 0.15) is 0 Å². The monoisotopic (exact) mass is 399 g/mol. The SMILES string of the molecule is C=CCn1c(S[C@H](C)C(=O)Nc2cccnc2Cl)nnc1-c1ccccc1. The normalized spacial score (nSPS) is 11.8. The van der Waals surface area contributed by atoms with Crippen LogP contribution in [0.3, 0.4) is 0 Å². The van der Waals surface area contributed by atoms with E-state index in [0.717, 1.165) is 11.4 Å². The lowest BCUT2D eigenvalue weighted by Gasteiger charge is -2.13. The van der Waals surface area contributed by atoms with E-state index in [9.17, 15) is 4.79 Å². The van der Waals surface area contributed by atoms with Gasteiger partial charge in [0.15, 0.2) is 16.1 Å². The van der Waals surface area contributed by atoms with Gasteiger partial charge >= 0.3 is 0 Å². The van der Waals surface area contributed by atoms with Gasteiger partial charge in [-0.2, -0.15) is 0 Å². The van der Waals surface area contributed by atoms with Crippen molar-refractivity contribution in [3.63, 3.8) is 0 Å². The molecular formula is C19H18ClN5OS. The highest BCUT2D eigenvalue weighted by molar-refractivity contribution is 8.00. The van der Waals surface area contributed by atoms with E-state index in [0.29, 0.717) is 17.4 Å². The van der Waals surface area contributed by atoms with Gasteiger partial charge in [-0.15, -0.1) is 16.8 Å². The number of hydrogen-bond donors (Lipinski definition) is 1. The smallest absolute Gasteiger partial charge is 0.237 e. The van der Waals surface area contributed by atoms with Gasteiger partial charge in [0.2, 0.25) is 5.91 Å². The van der Waals surface area contributed by atoms with Crippen molar-refractivity contribution in [3.05, 3.63) is 66.5 Å². The first-order valence-electron chi connectivity index (χ1n) is 8.27. The van der Waals surface area contributed by atoms with Crippen LogP contribution in [0.5, 0.6) is 0 Å². The Labute approximate surface area is 166 Å². The molecule has 0 saturated heterocycles. The summed E-state index contributed by atoms with van der Waals surface area (Å²) in [6.07, 6.45) is 3.35. The summed E-state index contributed by atoms with van der Waals surface area (Å²) < 4.78 is 1.94. The van der Waals surface area contributed by atoms with Crippen LogP contribution in [-0.2, 0) is 11.3 Å². The molecule has 1 amide bonds. The van der Waals surface area contributed by atoms with E-state index in [1.807, 2.05) is 34.9 Å². The highest BCUT2D eigenvalue weighted by atomic mass is 35.5. The highest BCUT2D eigenvalue weighted by Crippen LogP contribution is 2.28. The zero-order valence-electron chi connectivity index (χ0n) is 14.7. The third-order valence-electron chi connectivity index (χ3n) is 3.73. The molecule has 8 heteroatoms. The molecule has 0 saturated carbocycles. The molecule has 1 N–H and O–H groups in total. The zero-order valence-corrected chi connectivity index (χ0v) is 16.2. The number of carbonyl (C=O) groups excluding carboxylic acids is 1. The van der Waals surface area contributed by atoms with Crippen molar-refractivity contribution in [2.24, 2.45) is 0 Å². The molecule has 6 nitrogen and oxygen atoms in total. The third kappa shape index (κ3) is 4.56. The Kier molecular flexibility index (Phi) is 6.26. The Balaban J connectivity index is 1.78. The predicted molar refractivity (Wildman–Crippen MR) is 109 cm³/mol. The van der Waals surface area contributed by atoms with Crippen molar-refractivity contribution in [1.82, 2.24) is 19.7 Å². The van der Waals surface area contributed by atoms with Crippen LogP contribution < -0.4 is 5.32 Å². The van der Waals surface area contributed by atoms with E-state index in [1.165, 1.54) is 11.8 Å². The van der Waals surface area contributed by atoms with Crippen LogP contribution in [0.15, 0.2) is 66.5 Å². The minimum absolute atomic E-state index is 0.190. The second-order valence-corrected chi connectivity index (χ2v) is 7.33. The van der Waals surface area contributed by atoms with Crippen molar-refractivity contribution in [1.29, 1.82) is 0 Å². The molecule has 1 aromatic carbocycles. The number of nitrogens with zero attached hydrogens (tertiary/aromatic N) is 4. The Hall–Kier alpha value is -2.64. The van der Waals surface area contributed by atoms with E-state index in [-0.39, 0.29) is 11.1 Å². The number of nitrogens with one attached hydrogen (secondary N) is 1. The molecule has 0 radical (unpaired) electrons. The summed E-state index contributed by atoms with van der Waals surface area (Å²) in [6, 6.07) is 13.2. The number of allylic oxidation sites excluding steroid dienone is 1. The fraction of sp³-hybridized carbons (Fsp3) is 0.158. The number of amides is 1. The lowest BCUT2D eigenvalue weighted by Crippen LogP contribution is -2.23. The first-order chi connectivity index (χ1) is 13.1. The minimum atomic E-state index is -0.405. The van der Waals surface area contributed by atoms with Crippen LogP contribution in [-0.4, -0.2) is 30.9 Å². The van der Waals surface area contributed by atoms with Crippen molar-refractivity contribution >= 4 is 35.0 Å². The molecule has 0 fully saturated rings. The number of hydrogen-bond acceptors (Lipinski definition) is 5. The molecule has 3 aromatic rings. The van der Waals surface area contributed by atoms with Gasteiger partial charge < -0.3 is 5.32 Å². The summed E-state index contributed by atoms with van der Waals surface area (Å²) in [6.45, 7) is 6.15. The number of thioether (sulfide) groups is 1. The number of pyridine rings is 1. The molecule has 0 spiro atoms. The van der Waals surface area contributed by atoms with Crippen LogP contribution in [0, 0.1) is 0 Å². The van der Waals surface area contributed by atoms with Crippen molar-refractivity contribution in [3.8, 4) is 11.4 Å². The van der Waals surface area contributed by atoms with Gasteiger partial charge in [-0.3, -0.25) is 9.36 Å². The molecule has 0 aliphatic carbocycles. The van der Waals surface area contributed by atoms with Gasteiger partial charge in [-0.25, -0.2) is 4.98 Å². The van der Waals surface area contributed by atoms with E-state index < -0.39 is 5.25 Å². The largest absolute Gasteiger partial charge is 0.322 e. The number of carbonyl (C=O) groups is 1. The summed E-state index contributed by atoms with van der Waals surface area (Å²) in [5.41, 5.74) is 1.44. The Morgan fingerprint density at radius 1 is 1.30 bits per heavy atom. The molecule has 2 heterocycles. The lowest BCUT2D eigenvalue weighted by molar-refractivity contribution is -0.115. The van der Waals surface area contributed by atoms with E-state index in [2.05, 4.69) is 27.1 Å². The standard InChI is InChI=1S/C19H18ClN5OS/c1-3-12-25-17(14-8-5-4-6-9-14)23-24-19(25)27-13(2)18(26)22-15-10-7-11-21-16(15)20/h3-11,13H,1,12H2,2H3,(H,22,26)/t13-/m1/s1. The second kappa shape index (κ2) is 8.83. The van der Waals surface area contributed by atoms with Gasteiger partial charge in [0, 0.05) is 18.3 Å². The predicted octanol–water partition coefficient (Wildman–Crippen LogP) is 4.30. The fourth-order valence-corrected chi connectivity index (χ4v) is 3.42. The van der Waals surface area contributed by atoms with Crippen molar-refractivity contribution in [2.75, 3.05) is 5.32 Å². The van der Waals surface area contributed by atoms with Gasteiger partial charge in [0.25, 0.3) is 0 Å². The number of halogens is 1. The van der Waals surface area contributed by atoms with Gasteiger partial charge in [-0.1, -0.05) is 59.8 Å². The molecule has 0 aliphatic rings. The molecule has 1 atom stereocenters. The molecule has 0 bridgehead atoms. The highest BCUT2D eigenvalue weighted by Gasteiger charge is 2.21. The van der Waals surface area contributed by atoms with E-state index >= 15 is 0 Å². The summed E-state index contributed by atoms with van der Waals surface area (Å²) in [7, 11) is 0. The topological polar surface area (TPSA) is 72.7 Å². The van der Waals surface area contributed by atoms with Crippen LogP contribution >= 0.6 is 23.4 Å². The van der Waals surface area contributed by atoms with Crippen LogP contribution in [0.4, 0.5) is 5.69 Å². The summed E-state index contributed by atoms with van der Waals surface area (Å²) in [5, 5.41) is 11.8. The molecule has 27 heavy (non-hydrogen) atoms. The molecule has 3 rings (SSSR count). The summed E-state index contributed by atoms with van der Waals surface area (Å²) >= 11 is 7.33. The molecule has 0 aliphatic heterocycles. The average Bonchev–Trinajstić information content (AvgIpc) is 3.07. The maximum Gasteiger partial charge on any atom is 0.237 e. The Morgan fingerprint density at radius 3 is 2.78 bits per heavy atom. The Morgan fingerprint density at radius 2 is 2.07 bits per heavy atom. The molecule has 2 aromatic heterocycles. The maximum atomic E-state index is 12.5. The maximum absolute atomic E-state index is 12.5. The number of rotatable bonds is 7. The first kappa shape index (κ1) is 19.1. The number of anilines is 1. The molecule has 0 unspecified atom stereocenters. The van der Waals surface area contributed by atoms with Gasteiger partial charge in [-0.05, 0) is 19.1 Å². The second-order valence-electron chi connectivity index (χ2n) is 5.66. The number of benzene rings is 1. The fourth-order valence-electron chi connectivity index (χ4n) is 2.40. The van der Waals surface area contributed by atoms with Gasteiger partial charge in [0.05, 0.1) is 10.9 Å². The van der Waals surface area contributed by atoms with Crippen LogP contribution in [0.2, 0.25) is 5.15 Å². The quantitative estimate of drug-likeness (QED) is 0.364. The van der Waals surface area contributed by atoms with Crippen LogP contribution in [0.1, 0.15) is 6.92 Å². The minimum Gasteiger partial charge on any atom is -0.322 e. The van der Waals surface area contributed by atoms with E-state index in [4.69, 9.17) is 11.6 Å². The average molecular weight is 400 g/mol. The van der Waals surface area contributed by atoms with Crippen molar-refractivity contribution in [2.45, 2.75) is 23.9 Å². The van der Waals surface area contributed by atoms with Crippen LogP contribution in [0.25, 0.3) is 11.4 Å². The first-order valence-corrected chi connectivity index (χ1v) is 9.53. The number of aromatic nitrogens is 4. The Bertz CT molecular complexity index is 944. The lowest BCUT2D eigenvalue weighted by atomic mass is 10.2. The zero-order chi connectivity index (χ0) is 19.2.